The Bertz CT molecular complexity index is 903. The lowest BCUT2D eigenvalue weighted by Crippen LogP contribution is -2.29. The molecule has 0 fully saturated rings. The second-order valence-corrected chi connectivity index (χ2v) is 7.67. The molecule has 0 bridgehead atoms. The van der Waals surface area contributed by atoms with E-state index in [1.54, 1.807) is 13.2 Å². The molecule has 1 N–H and O–H groups in total. The highest BCUT2D eigenvalue weighted by Crippen LogP contribution is 2.53. The van der Waals surface area contributed by atoms with Crippen LogP contribution in [0, 0.1) is 16.0 Å². The monoisotopic (exact) mass is 364 g/mol. The van der Waals surface area contributed by atoms with E-state index in [2.05, 4.69) is 55.6 Å². The summed E-state index contributed by atoms with van der Waals surface area (Å²) in [5.74, 6) is 1.53. The average Bonchev–Trinajstić information content (AvgIpc) is 3.16. The first-order valence-corrected chi connectivity index (χ1v) is 9.39. The van der Waals surface area contributed by atoms with Crippen LogP contribution in [0.4, 0.5) is 11.4 Å². The number of ether oxygens (including phenoxy) is 1. The van der Waals surface area contributed by atoms with E-state index >= 15 is 0 Å². The fourth-order valence-electron chi connectivity index (χ4n) is 4.34. The van der Waals surface area contributed by atoms with Gasteiger partial charge in [-0.05, 0) is 34.9 Å². The summed E-state index contributed by atoms with van der Waals surface area (Å²) in [6.07, 6.45) is 5.33. The van der Waals surface area contributed by atoms with Crippen LogP contribution in [0.15, 0.2) is 48.6 Å². The van der Waals surface area contributed by atoms with Crippen LogP contribution < -0.4 is 10.1 Å². The van der Waals surface area contributed by atoms with Gasteiger partial charge in [-0.1, -0.05) is 50.3 Å². The molecule has 0 amide bonds. The molecular formula is C22H24N2O3. The number of nitrogens with zero attached hydrogens (tertiary/aromatic N) is 1. The normalized spacial score (nSPS) is 22.9. The Kier molecular flexibility index (Phi) is 4.38. The topological polar surface area (TPSA) is 64.4 Å². The van der Waals surface area contributed by atoms with Crippen LogP contribution in [0.5, 0.6) is 5.75 Å². The minimum Gasteiger partial charge on any atom is -0.494 e. The van der Waals surface area contributed by atoms with Gasteiger partial charge in [0.15, 0.2) is 0 Å². The van der Waals surface area contributed by atoms with Gasteiger partial charge in [0.2, 0.25) is 0 Å². The van der Waals surface area contributed by atoms with Crippen LogP contribution in [0.2, 0.25) is 0 Å². The highest BCUT2D eigenvalue weighted by atomic mass is 16.6. The predicted molar refractivity (Wildman–Crippen MR) is 107 cm³/mol. The Morgan fingerprint density at radius 1 is 1.22 bits per heavy atom. The summed E-state index contributed by atoms with van der Waals surface area (Å²) in [6, 6.07) is 12.1. The molecule has 27 heavy (non-hydrogen) atoms. The maximum Gasteiger partial charge on any atom is 0.273 e. The van der Waals surface area contributed by atoms with E-state index in [-0.39, 0.29) is 22.6 Å². The van der Waals surface area contributed by atoms with Crippen LogP contribution in [-0.4, -0.2) is 12.0 Å². The van der Waals surface area contributed by atoms with Crippen molar-refractivity contribution in [1.29, 1.82) is 0 Å². The number of nitrogens with one attached hydrogen (secondary N) is 1. The third-order valence-electron chi connectivity index (χ3n) is 5.81. The van der Waals surface area contributed by atoms with Gasteiger partial charge in [0.1, 0.15) is 5.75 Å². The van der Waals surface area contributed by atoms with Gasteiger partial charge in [0.25, 0.3) is 5.69 Å². The Morgan fingerprint density at radius 2 is 1.96 bits per heavy atom. The SMILES string of the molecule is COc1cc([N+](=O)[O-])cc2c1N[C@H](c1ccc(C(C)C)cc1)[C@@H]1CC=C[C@H]21. The van der Waals surface area contributed by atoms with E-state index in [9.17, 15) is 10.1 Å². The maximum absolute atomic E-state index is 11.3. The summed E-state index contributed by atoms with van der Waals surface area (Å²) in [5, 5.41) is 15.0. The van der Waals surface area contributed by atoms with Gasteiger partial charge < -0.3 is 10.1 Å². The predicted octanol–water partition coefficient (Wildman–Crippen LogP) is 5.55. The first-order valence-electron chi connectivity index (χ1n) is 9.39. The Labute approximate surface area is 159 Å². The van der Waals surface area contributed by atoms with Gasteiger partial charge in [-0.15, -0.1) is 0 Å². The molecule has 1 aliphatic carbocycles. The van der Waals surface area contributed by atoms with E-state index in [1.165, 1.54) is 17.2 Å². The van der Waals surface area contributed by atoms with Crippen molar-refractivity contribution in [3.05, 3.63) is 75.4 Å². The lowest BCUT2D eigenvalue weighted by atomic mass is 9.76. The van der Waals surface area contributed by atoms with E-state index in [1.807, 2.05) is 0 Å². The first kappa shape index (κ1) is 17.6. The number of nitro groups is 1. The molecule has 0 unspecified atom stereocenters. The van der Waals surface area contributed by atoms with E-state index in [0.29, 0.717) is 17.6 Å². The zero-order valence-electron chi connectivity index (χ0n) is 15.8. The number of anilines is 1. The van der Waals surface area contributed by atoms with Crippen LogP contribution in [-0.2, 0) is 0 Å². The number of allylic oxidation sites excluding steroid dienone is 2. The number of methoxy groups -OCH3 is 1. The molecule has 2 aromatic rings. The lowest BCUT2D eigenvalue weighted by molar-refractivity contribution is -0.385. The third kappa shape index (κ3) is 2.97. The Hall–Kier alpha value is -2.82. The number of fused-ring (bicyclic) bond motifs is 3. The molecule has 2 aromatic carbocycles. The van der Waals surface area contributed by atoms with Crippen molar-refractivity contribution >= 4 is 11.4 Å². The number of non-ortho nitro benzene ring substituents is 1. The molecule has 1 aliphatic heterocycles. The minimum absolute atomic E-state index is 0.0752. The molecule has 0 aromatic heterocycles. The van der Waals surface area contributed by atoms with Crippen LogP contribution in [0.3, 0.4) is 0 Å². The van der Waals surface area contributed by atoms with Gasteiger partial charge in [0, 0.05) is 12.0 Å². The molecule has 3 atom stereocenters. The van der Waals surface area contributed by atoms with Crippen LogP contribution in [0.25, 0.3) is 0 Å². The van der Waals surface area contributed by atoms with E-state index in [4.69, 9.17) is 4.74 Å². The third-order valence-corrected chi connectivity index (χ3v) is 5.81. The molecule has 0 saturated carbocycles. The number of rotatable bonds is 4. The summed E-state index contributed by atoms with van der Waals surface area (Å²) < 4.78 is 5.50. The molecule has 0 saturated heterocycles. The highest BCUT2D eigenvalue weighted by molar-refractivity contribution is 5.71. The molecule has 140 valence electrons. The fourth-order valence-corrected chi connectivity index (χ4v) is 4.34. The van der Waals surface area contributed by atoms with Gasteiger partial charge in [-0.3, -0.25) is 10.1 Å². The second kappa shape index (κ2) is 6.72. The number of nitro benzene ring substituents is 1. The van der Waals surface area contributed by atoms with Gasteiger partial charge in [-0.2, -0.15) is 0 Å². The van der Waals surface area contributed by atoms with Crippen molar-refractivity contribution in [2.45, 2.75) is 38.1 Å². The van der Waals surface area contributed by atoms with E-state index in [0.717, 1.165) is 17.7 Å². The Morgan fingerprint density at radius 3 is 2.59 bits per heavy atom. The highest BCUT2D eigenvalue weighted by Gasteiger charge is 2.40. The minimum atomic E-state index is -0.354. The summed E-state index contributed by atoms with van der Waals surface area (Å²) in [6.45, 7) is 4.39. The van der Waals surface area contributed by atoms with Crippen molar-refractivity contribution in [3.8, 4) is 5.75 Å². The molecule has 2 aliphatic rings. The maximum atomic E-state index is 11.3. The quantitative estimate of drug-likeness (QED) is 0.439. The number of hydrogen-bond acceptors (Lipinski definition) is 4. The first-order chi connectivity index (χ1) is 13.0. The van der Waals surface area contributed by atoms with Crippen molar-refractivity contribution in [1.82, 2.24) is 0 Å². The summed E-state index contributed by atoms with van der Waals surface area (Å²) >= 11 is 0. The van der Waals surface area contributed by atoms with Crippen molar-refractivity contribution < 1.29 is 9.66 Å². The van der Waals surface area contributed by atoms with Crippen molar-refractivity contribution in [2.75, 3.05) is 12.4 Å². The van der Waals surface area contributed by atoms with Crippen molar-refractivity contribution in [3.63, 3.8) is 0 Å². The van der Waals surface area contributed by atoms with Gasteiger partial charge >= 0.3 is 0 Å². The lowest BCUT2D eigenvalue weighted by Gasteiger charge is -2.38. The summed E-state index contributed by atoms with van der Waals surface area (Å²) in [4.78, 5) is 11.0. The number of hydrogen-bond donors (Lipinski definition) is 1. The summed E-state index contributed by atoms with van der Waals surface area (Å²) in [7, 11) is 1.56. The molecular weight excluding hydrogens is 340 g/mol. The largest absolute Gasteiger partial charge is 0.494 e. The van der Waals surface area contributed by atoms with Crippen molar-refractivity contribution in [2.24, 2.45) is 5.92 Å². The average molecular weight is 364 g/mol. The zero-order chi connectivity index (χ0) is 19.1. The molecule has 5 heteroatoms. The molecule has 4 rings (SSSR count). The zero-order valence-corrected chi connectivity index (χ0v) is 15.8. The molecule has 0 spiro atoms. The molecule has 0 radical (unpaired) electrons. The molecule has 1 heterocycles. The summed E-state index contributed by atoms with van der Waals surface area (Å²) in [5.41, 5.74) is 4.46. The molecule has 5 nitrogen and oxygen atoms in total. The Balaban J connectivity index is 1.78. The second-order valence-electron chi connectivity index (χ2n) is 7.67. The van der Waals surface area contributed by atoms with Crippen LogP contribution in [0.1, 0.15) is 54.8 Å². The van der Waals surface area contributed by atoms with Crippen LogP contribution >= 0.6 is 0 Å². The number of benzene rings is 2. The smallest absolute Gasteiger partial charge is 0.273 e. The van der Waals surface area contributed by atoms with Gasteiger partial charge in [0.05, 0.1) is 29.8 Å². The van der Waals surface area contributed by atoms with Gasteiger partial charge in [-0.25, -0.2) is 0 Å². The standard InChI is InChI=1S/C22H24N2O3/c1-13(2)14-7-9-15(10-8-14)21-18-6-4-5-17(18)19-11-16(24(25)26)12-20(27-3)22(19)23-21/h4-5,7-13,17-18,21,23H,6H2,1-3H3/t17-,18+,21+/m0/s1. The van der Waals surface area contributed by atoms with E-state index < -0.39 is 0 Å². The fraction of sp³-hybridized carbons (Fsp3) is 0.364.